The van der Waals surface area contributed by atoms with E-state index in [0.29, 0.717) is 6.04 Å². The minimum Gasteiger partial charge on any atom is -0.491 e. The van der Waals surface area contributed by atoms with Gasteiger partial charge in [-0.25, -0.2) is 0 Å². The van der Waals surface area contributed by atoms with E-state index in [-0.39, 0.29) is 0 Å². The van der Waals surface area contributed by atoms with Crippen molar-refractivity contribution in [3.05, 3.63) is 24.3 Å². The van der Waals surface area contributed by atoms with Crippen LogP contribution in [0.3, 0.4) is 0 Å². The van der Waals surface area contributed by atoms with Crippen LogP contribution in [0.2, 0.25) is 0 Å². The molecule has 3 nitrogen and oxygen atoms in total. The molecule has 0 radical (unpaired) electrons. The van der Waals surface area contributed by atoms with Crippen LogP contribution in [0.1, 0.15) is 26.2 Å². The third-order valence-corrected chi connectivity index (χ3v) is 4.35. The molecule has 0 aromatic heterocycles. The van der Waals surface area contributed by atoms with Gasteiger partial charge < -0.3 is 15.0 Å². The Morgan fingerprint density at radius 3 is 2.74 bits per heavy atom. The summed E-state index contributed by atoms with van der Waals surface area (Å²) in [6.45, 7) is 6.70. The van der Waals surface area contributed by atoms with E-state index in [0.717, 1.165) is 30.4 Å². The first kappa shape index (κ1) is 12.8. The number of hydrogen-bond acceptors (Lipinski definition) is 3. The molecule has 1 N–H and O–H groups in total. The maximum atomic E-state index is 5.83. The molecule has 3 aliphatic rings. The highest BCUT2D eigenvalue weighted by Gasteiger charge is 2.34. The maximum Gasteiger partial charge on any atom is 0.142 e. The minimum atomic E-state index is 0.592. The summed E-state index contributed by atoms with van der Waals surface area (Å²) in [6.07, 6.45) is 3.74. The summed E-state index contributed by atoms with van der Waals surface area (Å²) in [6, 6.07) is 8.94. The molecule has 4 rings (SSSR count). The number of para-hydroxylation sites is 2. The molecule has 3 saturated heterocycles. The van der Waals surface area contributed by atoms with Crippen molar-refractivity contribution in [3.63, 3.8) is 0 Å². The Kier molecular flexibility index (Phi) is 3.92. The van der Waals surface area contributed by atoms with Gasteiger partial charge in [0.2, 0.25) is 0 Å². The van der Waals surface area contributed by atoms with Crippen LogP contribution in [0, 0.1) is 5.92 Å². The fraction of sp³-hybridized carbons (Fsp3) is 0.625. The van der Waals surface area contributed by atoms with Gasteiger partial charge in [0.1, 0.15) is 5.75 Å². The lowest BCUT2D eigenvalue weighted by molar-refractivity contribution is 0.0974. The minimum absolute atomic E-state index is 0.592. The average Bonchev–Trinajstić information content (AvgIpc) is 2.48. The Labute approximate surface area is 115 Å². The lowest BCUT2D eigenvalue weighted by Gasteiger charge is -2.45. The molecule has 104 valence electrons. The fourth-order valence-electron chi connectivity index (χ4n) is 3.25. The van der Waals surface area contributed by atoms with Crippen molar-refractivity contribution in [2.45, 2.75) is 32.2 Å². The molecule has 3 aliphatic heterocycles. The molecule has 0 amide bonds. The predicted octanol–water partition coefficient (Wildman–Crippen LogP) is 2.98. The van der Waals surface area contributed by atoms with Crippen molar-refractivity contribution in [3.8, 4) is 5.75 Å². The third kappa shape index (κ3) is 2.86. The van der Waals surface area contributed by atoms with Crippen molar-refractivity contribution >= 4 is 5.69 Å². The highest BCUT2D eigenvalue weighted by Crippen LogP contribution is 2.32. The summed E-state index contributed by atoms with van der Waals surface area (Å²) in [5.41, 5.74) is 1.16. The lowest BCUT2D eigenvalue weighted by Crippen LogP contribution is -2.53. The second-order valence-corrected chi connectivity index (χ2v) is 5.73. The number of fused-ring (bicyclic) bond motifs is 3. The Bertz CT molecular complexity index is 413. The molecule has 0 saturated carbocycles. The van der Waals surface area contributed by atoms with E-state index >= 15 is 0 Å². The largest absolute Gasteiger partial charge is 0.491 e. The normalized spacial score (nSPS) is 29.2. The Morgan fingerprint density at radius 2 is 2.05 bits per heavy atom. The van der Waals surface area contributed by atoms with E-state index in [1.165, 1.54) is 32.5 Å². The molecule has 1 unspecified atom stereocenters. The molecule has 1 aromatic carbocycles. The van der Waals surface area contributed by atoms with Gasteiger partial charge in [-0.3, -0.25) is 0 Å². The van der Waals surface area contributed by atoms with Crippen molar-refractivity contribution < 1.29 is 4.74 Å². The lowest BCUT2D eigenvalue weighted by atomic mass is 9.84. The van der Waals surface area contributed by atoms with Crippen LogP contribution in [0.15, 0.2) is 24.3 Å². The van der Waals surface area contributed by atoms with Gasteiger partial charge in [-0.05, 0) is 50.4 Å². The molecule has 0 spiro atoms. The standard InChI is InChI=1S/C16H24N2O/c1-2-11-19-16-6-4-3-5-14(16)17-15-12-18-9-7-13(15)8-10-18/h3-6,13,15,17H,2,7-12H2,1H3. The second-order valence-electron chi connectivity index (χ2n) is 5.73. The van der Waals surface area contributed by atoms with Gasteiger partial charge in [0.05, 0.1) is 12.3 Å². The average molecular weight is 260 g/mol. The van der Waals surface area contributed by atoms with E-state index in [2.05, 4.69) is 35.3 Å². The van der Waals surface area contributed by atoms with Crippen LogP contribution < -0.4 is 10.1 Å². The summed E-state index contributed by atoms with van der Waals surface area (Å²) in [7, 11) is 0. The first-order chi connectivity index (χ1) is 9.36. The van der Waals surface area contributed by atoms with Crippen molar-refractivity contribution in [1.82, 2.24) is 4.90 Å². The van der Waals surface area contributed by atoms with Gasteiger partial charge in [-0.15, -0.1) is 0 Å². The van der Waals surface area contributed by atoms with Crippen molar-refractivity contribution in [1.29, 1.82) is 0 Å². The van der Waals surface area contributed by atoms with Gasteiger partial charge in [-0.2, -0.15) is 0 Å². The van der Waals surface area contributed by atoms with E-state index < -0.39 is 0 Å². The van der Waals surface area contributed by atoms with Gasteiger partial charge >= 0.3 is 0 Å². The molecule has 3 fully saturated rings. The summed E-state index contributed by atoms with van der Waals surface area (Å²) in [5.74, 6) is 1.84. The quantitative estimate of drug-likeness (QED) is 0.881. The van der Waals surface area contributed by atoms with E-state index in [4.69, 9.17) is 4.74 Å². The molecule has 3 heterocycles. The SMILES string of the molecule is CCCOc1ccccc1NC1CN2CCC1CC2. The summed E-state index contributed by atoms with van der Waals surface area (Å²) in [4.78, 5) is 2.58. The van der Waals surface area contributed by atoms with Gasteiger partial charge in [-0.1, -0.05) is 19.1 Å². The third-order valence-electron chi connectivity index (χ3n) is 4.35. The monoisotopic (exact) mass is 260 g/mol. The van der Waals surface area contributed by atoms with Gasteiger partial charge in [0.15, 0.2) is 0 Å². The highest BCUT2D eigenvalue weighted by atomic mass is 16.5. The molecule has 0 aliphatic carbocycles. The number of rotatable bonds is 5. The van der Waals surface area contributed by atoms with Crippen LogP contribution in [0.25, 0.3) is 0 Å². The summed E-state index contributed by atoms with van der Waals surface area (Å²) in [5, 5.41) is 3.72. The van der Waals surface area contributed by atoms with Crippen molar-refractivity contribution in [2.75, 3.05) is 31.6 Å². The number of nitrogens with zero attached hydrogens (tertiary/aromatic N) is 1. The molecule has 1 atom stereocenters. The molecule has 2 bridgehead atoms. The van der Waals surface area contributed by atoms with E-state index in [1.807, 2.05) is 6.07 Å². The second kappa shape index (κ2) is 5.83. The first-order valence-electron chi connectivity index (χ1n) is 7.57. The topological polar surface area (TPSA) is 24.5 Å². The zero-order chi connectivity index (χ0) is 13.1. The number of ether oxygens (including phenoxy) is 1. The van der Waals surface area contributed by atoms with Crippen molar-refractivity contribution in [2.24, 2.45) is 5.92 Å². The van der Waals surface area contributed by atoms with Crippen LogP contribution in [0.4, 0.5) is 5.69 Å². The van der Waals surface area contributed by atoms with Crippen LogP contribution in [0.5, 0.6) is 5.75 Å². The Balaban J connectivity index is 1.69. The number of nitrogens with one attached hydrogen (secondary N) is 1. The van der Waals surface area contributed by atoms with E-state index in [1.54, 1.807) is 0 Å². The van der Waals surface area contributed by atoms with Gasteiger partial charge in [0.25, 0.3) is 0 Å². The zero-order valence-corrected chi connectivity index (χ0v) is 11.8. The fourth-order valence-corrected chi connectivity index (χ4v) is 3.25. The first-order valence-corrected chi connectivity index (χ1v) is 7.57. The number of hydrogen-bond donors (Lipinski definition) is 1. The molecule has 19 heavy (non-hydrogen) atoms. The van der Waals surface area contributed by atoms with E-state index in [9.17, 15) is 0 Å². The summed E-state index contributed by atoms with van der Waals surface area (Å²) >= 11 is 0. The smallest absolute Gasteiger partial charge is 0.142 e. The summed E-state index contributed by atoms with van der Waals surface area (Å²) < 4.78 is 5.83. The molecule has 1 aromatic rings. The maximum absolute atomic E-state index is 5.83. The van der Waals surface area contributed by atoms with Gasteiger partial charge in [0, 0.05) is 12.6 Å². The van der Waals surface area contributed by atoms with Crippen LogP contribution >= 0.6 is 0 Å². The van der Waals surface area contributed by atoms with Crippen LogP contribution in [-0.4, -0.2) is 37.2 Å². The predicted molar refractivity (Wildman–Crippen MR) is 78.8 cm³/mol. The highest BCUT2D eigenvalue weighted by molar-refractivity contribution is 5.57. The zero-order valence-electron chi connectivity index (χ0n) is 11.8. The molecule has 3 heteroatoms. The number of piperidine rings is 3. The number of benzene rings is 1. The Hall–Kier alpha value is -1.22. The van der Waals surface area contributed by atoms with Crippen LogP contribution in [-0.2, 0) is 0 Å². The Morgan fingerprint density at radius 1 is 1.26 bits per heavy atom. The molecular weight excluding hydrogens is 236 g/mol. The number of anilines is 1. The molecular formula is C16H24N2O.